The van der Waals surface area contributed by atoms with Crippen LogP contribution in [0.3, 0.4) is 0 Å². The van der Waals surface area contributed by atoms with Crippen molar-refractivity contribution in [1.29, 1.82) is 0 Å². The van der Waals surface area contributed by atoms with Gasteiger partial charge in [0.15, 0.2) is 0 Å². The molecule has 0 aliphatic rings. The zero-order valence-electron chi connectivity index (χ0n) is 11.2. The summed E-state index contributed by atoms with van der Waals surface area (Å²) in [4.78, 5) is 0.0435. The van der Waals surface area contributed by atoms with Crippen molar-refractivity contribution in [3.8, 4) is 0 Å². The number of hydrogen-bond donors (Lipinski definition) is 2. The van der Waals surface area contributed by atoms with Gasteiger partial charge in [-0.05, 0) is 36.8 Å². The van der Waals surface area contributed by atoms with Gasteiger partial charge in [-0.1, -0.05) is 41.4 Å². The molecule has 112 valence electrons. The average Bonchev–Trinajstić information content (AvgIpc) is 2.38. The number of nitrogens with one attached hydrogen (secondary N) is 1. The van der Waals surface area contributed by atoms with Crippen LogP contribution in [0.25, 0.3) is 0 Å². The summed E-state index contributed by atoms with van der Waals surface area (Å²) in [5.41, 5.74) is 6.54. The number of rotatable bonds is 4. The number of nitrogens with two attached hydrogens (primary N) is 1. The van der Waals surface area contributed by atoms with Crippen molar-refractivity contribution in [2.75, 3.05) is 5.73 Å². The van der Waals surface area contributed by atoms with E-state index in [9.17, 15) is 8.42 Å². The summed E-state index contributed by atoms with van der Waals surface area (Å²) >= 11 is 11.9. The van der Waals surface area contributed by atoms with Gasteiger partial charge in [0.2, 0.25) is 10.0 Å². The van der Waals surface area contributed by atoms with Gasteiger partial charge >= 0.3 is 0 Å². The van der Waals surface area contributed by atoms with Gasteiger partial charge in [0.1, 0.15) is 4.90 Å². The van der Waals surface area contributed by atoms with Crippen LogP contribution in [0.15, 0.2) is 47.4 Å². The fourth-order valence-corrected chi connectivity index (χ4v) is 3.87. The lowest BCUT2D eigenvalue weighted by Gasteiger charge is -2.17. The van der Waals surface area contributed by atoms with Crippen LogP contribution in [0.1, 0.15) is 18.5 Å². The highest BCUT2D eigenvalue weighted by atomic mass is 35.5. The van der Waals surface area contributed by atoms with E-state index in [-0.39, 0.29) is 10.6 Å². The molecule has 0 fully saturated rings. The minimum Gasteiger partial charge on any atom is -0.398 e. The number of nitrogen functional groups attached to an aromatic ring is 1. The lowest BCUT2D eigenvalue weighted by Crippen LogP contribution is -2.27. The molecule has 0 amide bonds. The SMILES string of the molecule is CC(NS(=O)(=O)c1ccccc1N)c1ccc(Cl)cc1Cl. The van der Waals surface area contributed by atoms with Crippen molar-refractivity contribution in [2.45, 2.75) is 17.9 Å². The van der Waals surface area contributed by atoms with Gasteiger partial charge in [-0.3, -0.25) is 0 Å². The molecular weight excluding hydrogens is 331 g/mol. The maximum absolute atomic E-state index is 12.4. The van der Waals surface area contributed by atoms with Crippen LogP contribution in [0.2, 0.25) is 10.0 Å². The number of halogens is 2. The number of anilines is 1. The van der Waals surface area contributed by atoms with Crippen LogP contribution < -0.4 is 10.5 Å². The lowest BCUT2D eigenvalue weighted by molar-refractivity contribution is 0.567. The van der Waals surface area contributed by atoms with E-state index in [1.165, 1.54) is 12.1 Å². The van der Waals surface area contributed by atoms with Crippen molar-refractivity contribution in [1.82, 2.24) is 4.72 Å². The fourth-order valence-electron chi connectivity index (χ4n) is 1.94. The number of sulfonamides is 1. The highest BCUT2D eigenvalue weighted by Crippen LogP contribution is 2.28. The molecule has 7 heteroatoms. The maximum Gasteiger partial charge on any atom is 0.243 e. The summed E-state index contributed by atoms with van der Waals surface area (Å²) in [5, 5.41) is 0.893. The summed E-state index contributed by atoms with van der Waals surface area (Å²) in [6.07, 6.45) is 0. The summed E-state index contributed by atoms with van der Waals surface area (Å²) in [7, 11) is -3.73. The van der Waals surface area contributed by atoms with E-state index in [0.29, 0.717) is 15.6 Å². The zero-order chi connectivity index (χ0) is 15.6. The highest BCUT2D eigenvalue weighted by molar-refractivity contribution is 7.89. The van der Waals surface area contributed by atoms with Crippen molar-refractivity contribution in [3.05, 3.63) is 58.1 Å². The third kappa shape index (κ3) is 3.68. The topological polar surface area (TPSA) is 72.2 Å². The second-order valence-corrected chi connectivity index (χ2v) is 7.07. The quantitative estimate of drug-likeness (QED) is 0.832. The minimum atomic E-state index is -3.73. The van der Waals surface area contributed by atoms with Crippen molar-refractivity contribution < 1.29 is 8.42 Å². The molecule has 0 saturated heterocycles. The Morgan fingerprint density at radius 3 is 2.43 bits per heavy atom. The molecule has 0 aromatic heterocycles. The lowest BCUT2D eigenvalue weighted by atomic mass is 10.1. The highest BCUT2D eigenvalue weighted by Gasteiger charge is 2.21. The Balaban J connectivity index is 2.30. The van der Waals surface area contributed by atoms with Crippen LogP contribution in [-0.2, 0) is 10.0 Å². The van der Waals surface area contributed by atoms with E-state index in [1.54, 1.807) is 37.3 Å². The molecule has 3 N–H and O–H groups in total. The molecule has 0 aliphatic heterocycles. The normalized spacial score (nSPS) is 13.1. The Bertz CT molecular complexity index is 763. The predicted molar refractivity (Wildman–Crippen MR) is 86.1 cm³/mol. The third-order valence-electron chi connectivity index (χ3n) is 2.97. The summed E-state index contributed by atoms with van der Waals surface area (Å²) in [5.74, 6) is 0. The average molecular weight is 345 g/mol. The second-order valence-electron chi connectivity index (χ2n) is 4.55. The monoisotopic (exact) mass is 344 g/mol. The fraction of sp³-hybridized carbons (Fsp3) is 0.143. The first-order valence-corrected chi connectivity index (χ1v) is 8.37. The standard InChI is InChI=1S/C14H14Cl2N2O2S/c1-9(11-7-6-10(15)8-12(11)16)18-21(19,20)14-5-3-2-4-13(14)17/h2-9,18H,17H2,1H3. The molecule has 2 aromatic carbocycles. The first-order valence-electron chi connectivity index (χ1n) is 6.13. The number of hydrogen-bond acceptors (Lipinski definition) is 3. The molecule has 0 heterocycles. The van der Waals surface area contributed by atoms with Gasteiger partial charge in [-0.25, -0.2) is 13.1 Å². The molecular formula is C14H14Cl2N2O2S. The second kappa shape index (κ2) is 6.23. The number of para-hydroxylation sites is 1. The third-order valence-corrected chi connectivity index (χ3v) is 5.15. The van der Waals surface area contributed by atoms with E-state index in [2.05, 4.69) is 4.72 Å². The minimum absolute atomic E-state index is 0.0435. The van der Waals surface area contributed by atoms with Crippen LogP contribution in [0.4, 0.5) is 5.69 Å². The van der Waals surface area contributed by atoms with Crippen LogP contribution in [0, 0.1) is 0 Å². The first-order chi connectivity index (χ1) is 9.81. The predicted octanol–water partition coefficient (Wildman–Crippen LogP) is 3.62. The Kier molecular flexibility index (Phi) is 4.78. The zero-order valence-corrected chi connectivity index (χ0v) is 13.5. The molecule has 0 aliphatic carbocycles. The van der Waals surface area contributed by atoms with Crippen LogP contribution >= 0.6 is 23.2 Å². The van der Waals surface area contributed by atoms with Gasteiger partial charge in [0.25, 0.3) is 0 Å². The molecule has 0 radical (unpaired) electrons. The Morgan fingerprint density at radius 1 is 1.14 bits per heavy atom. The Morgan fingerprint density at radius 2 is 1.81 bits per heavy atom. The first kappa shape index (κ1) is 16.1. The molecule has 0 spiro atoms. The van der Waals surface area contributed by atoms with Crippen LogP contribution in [-0.4, -0.2) is 8.42 Å². The van der Waals surface area contributed by atoms with E-state index in [1.807, 2.05) is 0 Å². The van der Waals surface area contributed by atoms with E-state index in [4.69, 9.17) is 28.9 Å². The molecule has 21 heavy (non-hydrogen) atoms. The van der Waals surface area contributed by atoms with E-state index < -0.39 is 16.1 Å². The molecule has 0 bridgehead atoms. The molecule has 4 nitrogen and oxygen atoms in total. The summed E-state index contributed by atoms with van der Waals surface area (Å²) < 4.78 is 27.3. The summed E-state index contributed by atoms with van der Waals surface area (Å²) in [6, 6.07) is 10.7. The van der Waals surface area contributed by atoms with Gasteiger partial charge in [-0.2, -0.15) is 0 Å². The molecule has 0 saturated carbocycles. The molecule has 2 aromatic rings. The molecule has 1 atom stereocenters. The van der Waals surface area contributed by atoms with Gasteiger partial charge < -0.3 is 5.73 Å². The van der Waals surface area contributed by atoms with Gasteiger partial charge in [0.05, 0.1) is 5.69 Å². The summed E-state index contributed by atoms with van der Waals surface area (Å²) in [6.45, 7) is 1.70. The smallest absolute Gasteiger partial charge is 0.243 e. The van der Waals surface area contributed by atoms with Crippen LogP contribution in [0.5, 0.6) is 0 Å². The molecule has 2 rings (SSSR count). The largest absolute Gasteiger partial charge is 0.398 e. The maximum atomic E-state index is 12.4. The number of benzene rings is 2. The van der Waals surface area contributed by atoms with Crippen molar-refractivity contribution in [2.24, 2.45) is 0 Å². The Labute approximate surface area is 133 Å². The van der Waals surface area contributed by atoms with Gasteiger partial charge in [-0.15, -0.1) is 0 Å². The molecule has 1 unspecified atom stereocenters. The van der Waals surface area contributed by atoms with Gasteiger partial charge in [0, 0.05) is 16.1 Å². The van der Waals surface area contributed by atoms with Crippen molar-refractivity contribution >= 4 is 38.9 Å². The van der Waals surface area contributed by atoms with Crippen molar-refractivity contribution in [3.63, 3.8) is 0 Å². The van der Waals surface area contributed by atoms with E-state index in [0.717, 1.165) is 0 Å². The van der Waals surface area contributed by atoms with E-state index >= 15 is 0 Å². The Hall–Kier alpha value is -1.27.